The van der Waals surface area contributed by atoms with Crippen LogP contribution in [0.1, 0.15) is 25.7 Å². The molecule has 88 valence electrons. The van der Waals surface area contributed by atoms with E-state index < -0.39 is 0 Å². The summed E-state index contributed by atoms with van der Waals surface area (Å²) in [4.78, 5) is 1.13. The van der Waals surface area contributed by atoms with Gasteiger partial charge in [-0.05, 0) is 43.0 Å². The van der Waals surface area contributed by atoms with E-state index >= 15 is 0 Å². The van der Waals surface area contributed by atoms with Gasteiger partial charge in [0.1, 0.15) is 5.82 Å². The van der Waals surface area contributed by atoms with E-state index in [9.17, 15) is 4.39 Å². The van der Waals surface area contributed by atoms with Crippen LogP contribution in [0.2, 0.25) is 0 Å². The number of thioether (sulfide) groups is 1. The molecule has 16 heavy (non-hydrogen) atoms. The van der Waals surface area contributed by atoms with Crippen LogP contribution in [0.3, 0.4) is 0 Å². The van der Waals surface area contributed by atoms with Crippen LogP contribution in [0.5, 0.6) is 0 Å². The normalized spacial score (nSPS) is 18.9. The summed E-state index contributed by atoms with van der Waals surface area (Å²) in [5.41, 5.74) is 5.84. The van der Waals surface area contributed by atoms with Gasteiger partial charge in [0.15, 0.2) is 0 Å². The summed E-state index contributed by atoms with van der Waals surface area (Å²) in [6.45, 7) is 0.715. The fraction of sp³-hybridized carbons (Fsp3) is 0.538. The predicted molar refractivity (Wildman–Crippen MR) is 67.1 cm³/mol. The minimum atomic E-state index is -0.172. The first-order valence-electron chi connectivity index (χ1n) is 5.92. The summed E-state index contributed by atoms with van der Waals surface area (Å²) in [5, 5.41) is 0.493. The SMILES string of the molecule is NCC(Sc1ccc(F)cc1)C1CCCC1. The highest BCUT2D eigenvalue weighted by Gasteiger charge is 2.24. The van der Waals surface area contributed by atoms with Gasteiger partial charge in [-0.25, -0.2) is 4.39 Å². The fourth-order valence-corrected chi connectivity index (χ4v) is 3.56. The molecule has 0 aromatic heterocycles. The molecule has 1 nitrogen and oxygen atoms in total. The molecular formula is C13H18FNS. The molecule has 1 aliphatic carbocycles. The molecule has 1 aromatic rings. The van der Waals surface area contributed by atoms with Gasteiger partial charge in [-0.2, -0.15) is 0 Å². The van der Waals surface area contributed by atoms with Crippen LogP contribution in [0, 0.1) is 11.7 Å². The van der Waals surface area contributed by atoms with Gasteiger partial charge in [0.25, 0.3) is 0 Å². The Bertz CT molecular complexity index is 319. The number of halogens is 1. The summed E-state index contributed by atoms with van der Waals surface area (Å²) < 4.78 is 12.8. The minimum Gasteiger partial charge on any atom is -0.329 e. The molecule has 1 unspecified atom stereocenters. The lowest BCUT2D eigenvalue weighted by atomic mass is 10.0. The van der Waals surface area contributed by atoms with Gasteiger partial charge in [-0.3, -0.25) is 0 Å². The summed E-state index contributed by atoms with van der Waals surface area (Å²) in [6.07, 6.45) is 5.28. The van der Waals surface area contributed by atoms with Crippen molar-refractivity contribution in [2.45, 2.75) is 35.8 Å². The zero-order valence-corrected chi connectivity index (χ0v) is 10.2. The van der Waals surface area contributed by atoms with Crippen molar-refractivity contribution in [3.05, 3.63) is 30.1 Å². The van der Waals surface area contributed by atoms with E-state index in [-0.39, 0.29) is 5.82 Å². The average Bonchev–Trinajstić information content (AvgIpc) is 2.82. The first-order valence-corrected chi connectivity index (χ1v) is 6.80. The maximum Gasteiger partial charge on any atom is 0.123 e. The molecular weight excluding hydrogens is 221 g/mol. The topological polar surface area (TPSA) is 26.0 Å². The van der Waals surface area contributed by atoms with Crippen molar-refractivity contribution in [3.63, 3.8) is 0 Å². The summed E-state index contributed by atoms with van der Waals surface area (Å²) >= 11 is 1.80. The molecule has 3 heteroatoms. The number of nitrogens with two attached hydrogens (primary N) is 1. The second-order valence-electron chi connectivity index (χ2n) is 4.39. The smallest absolute Gasteiger partial charge is 0.123 e. The van der Waals surface area contributed by atoms with Gasteiger partial charge in [-0.1, -0.05) is 12.8 Å². The Morgan fingerprint density at radius 2 is 1.88 bits per heavy atom. The standard InChI is InChI=1S/C13H18FNS/c14-11-5-7-12(8-6-11)16-13(9-15)10-3-1-2-4-10/h5-8,10,13H,1-4,9,15H2. The fourth-order valence-electron chi connectivity index (χ4n) is 2.35. The van der Waals surface area contributed by atoms with E-state index in [0.717, 1.165) is 10.8 Å². The molecule has 1 atom stereocenters. The number of hydrogen-bond acceptors (Lipinski definition) is 2. The van der Waals surface area contributed by atoms with Crippen molar-refractivity contribution in [2.24, 2.45) is 11.7 Å². The molecule has 1 aromatic carbocycles. The van der Waals surface area contributed by atoms with Crippen LogP contribution in [0.4, 0.5) is 4.39 Å². The van der Waals surface area contributed by atoms with Crippen molar-refractivity contribution in [1.29, 1.82) is 0 Å². The third kappa shape index (κ3) is 2.98. The first kappa shape index (κ1) is 11.9. The van der Waals surface area contributed by atoms with Crippen molar-refractivity contribution in [1.82, 2.24) is 0 Å². The minimum absolute atomic E-state index is 0.172. The molecule has 0 spiro atoms. The third-order valence-electron chi connectivity index (χ3n) is 3.26. The van der Waals surface area contributed by atoms with Gasteiger partial charge in [0, 0.05) is 16.7 Å². The molecule has 0 bridgehead atoms. The summed E-state index contributed by atoms with van der Waals surface area (Å²) in [5.74, 6) is 0.578. The number of hydrogen-bond donors (Lipinski definition) is 1. The van der Waals surface area contributed by atoms with E-state index in [1.54, 1.807) is 11.8 Å². The molecule has 2 rings (SSSR count). The van der Waals surface area contributed by atoms with Crippen LogP contribution >= 0.6 is 11.8 Å². The lowest BCUT2D eigenvalue weighted by Gasteiger charge is -2.21. The first-order chi connectivity index (χ1) is 7.79. The van der Waals surface area contributed by atoms with Gasteiger partial charge >= 0.3 is 0 Å². The van der Waals surface area contributed by atoms with E-state index in [2.05, 4.69) is 0 Å². The Balaban J connectivity index is 1.97. The number of benzene rings is 1. The third-order valence-corrected chi connectivity index (χ3v) is 4.68. The maximum absolute atomic E-state index is 12.8. The number of rotatable bonds is 4. The zero-order valence-electron chi connectivity index (χ0n) is 9.36. The predicted octanol–water partition coefficient (Wildman–Crippen LogP) is 3.44. The maximum atomic E-state index is 12.8. The average molecular weight is 239 g/mol. The molecule has 0 saturated heterocycles. The van der Waals surface area contributed by atoms with E-state index in [0.29, 0.717) is 11.8 Å². The molecule has 1 aliphatic rings. The van der Waals surface area contributed by atoms with E-state index in [1.807, 2.05) is 12.1 Å². The molecule has 0 aliphatic heterocycles. The highest BCUT2D eigenvalue weighted by molar-refractivity contribution is 8.00. The lowest BCUT2D eigenvalue weighted by Crippen LogP contribution is -2.24. The highest BCUT2D eigenvalue weighted by Crippen LogP contribution is 2.36. The molecule has 2 N–H and O–H groups in total. The lowest BCUT2D eigenvalue weighted by molar-refractivity contribution is 0.525. The quantitative estimate of drug-likeness (QED) is 0.815. The second-order valence-corrected chi connectivity index (χ2v) is 5.70. The Morgan fingerprint density at radius 1 is 1.25 bits per heavy atom. The highest BCUT2D eigenvalue weighted by atomic mass is 32.2. The van der Waals surface area contributed by atoms with E-state index in [4.69, 9.17) is 5.73 Å². The Hall–Kier alpha value is -0.540. The van der Waals surface area contributed by atoms with Gasteiger partial charge in [0.2, 0.25) is 0 Å². The Labute approximate surface area is 101 Å². The second kappa shape index (κ2) is 5.69. The van der Waals surface area contributed by atoms with Crippen LogP contribution in [-0.2, 0) is 0 Å². The summed E-state index contributed by atoms with van der Waals surface area (Å²) in [6, 6.07) is 6.73. The Morgan fingerprint density at radius 3 is 2.44 bits per heavy atom. The van der Waals surface area contributed by atoms with Crippen LogP contribution in [0.25, 0.3) is 0 Å². The van der Waals surface area contributed by atoms with Crippen LogP contribution in [-0.4, -0.2) is 11.8 Å². The zero-order chi connectivity index (χ0) is 11.4. The van der Waals surface area contributed by atoms with Crippen molar-refractivity contribution in [3.8, 4) is 0 Å². The van der Waals surface area contributed by atoms with Crippen molar-refractivity contribution >= 4 is 11.8 Å². The molecule has 0 radical (unpaired) electrons. The molecule has 1 saturated carbocycles. The molecule has 1 fully saturated rings. The Kier molecular flexibility index (Phi) is 4.24. The van der Waals surface area contributed by atoms with Gasteiger partial charge < -0.3 is 5.73 Å². The van der Waals surface area contributed by atoms with Crippen LogP contribution in [0.15, 0.2) is 29.2 Å². The molecule has 0 heterocycles. The largest absolute Gasteiger partial charge is 0.329 e. The van der Waals surface area contributed by atoms with Gasteiger partial charge in [-0.15, -0.1) is 11.8 Å². The summed E-state index contributed by atoms with van der Waals surface area (Å²) in [7, 11) is 0. The van der Waals surface area contributed by atoms with E-state index in [1.165, 1.54) is 37.8 Å². The van der Waals surface area contributed by atoms with Crippen molar-refractivity contribution < 1.29 is 4.39 Å². The van der Waals surface area contributed by atoms with Gasteiger partial charge in [0.05, 0.1) is 0 Å². The monoisotopic (exact) mass is 239 g/mol. The molecule has 0 amide bonds. The van der Waals surface area contributed by atoms with Crippen molar-refractivity contribution in [2.75, 3.05) is 6.54 Å². The van der Waals surface area contributed by atoms with Crippen LogP contribution < -0.4 is 5.73 Å².